The van der Waals surface area contributed by atoms with Crippen LogP contribution in [0.5, 0.6) is 23.0 Å². The Morgan fingerprint density at radius 1 is 0.794 bits per heavy atom. The lowest BCUT2D eigenvalue weighted by atomic mass is 9.77. The van der Waals surface area contributed by atoms with Crippen molar-refractivity contribution in [1.82, 2.24) is 0 Å². The minimum atomic E-state index is 0.104. The average molecular weight is 453 g/mol. The second kappa shape index (κ2) is 7.83. The van der Waals surface area contributed by atoms with Crippen molar-refractivity contribution in [2.75, 3.05) is 18.6 Å². The van der Waals surface area contributed by atoms with E-state index in [1.165, 1.54) is 16.8 Å². The van der Waals surface area contributed by atoms with Crippen LogP contribution in [0.1, 0.15) is 36.4 Å². The molecule has 2 unspecified atom stereocenters. The molecule has 1 fully saturated rings. The summed E-state index contributed by atoms with van der Waals surface area (Å²) in [6, 6.07) is 23.0. The monoisotopic (exact) mass is 452 g/mol. The fraction of sp³-hybridized carbons (Fsp3) is 0.250. The number of hydrogen-bond donors (Lipinski definition) is 0. The van der Waals surface area contributed by atoms with Crippen LogP contribution in [0, 0.1) is 5.92 Å². The Kier molecular flexibility index (Phi) is 4.50. The third kappa shape index (κ3) is 3.21. The van der Waals surface area contributed by atoms with Crippen LogP contribution in [0.2, 0.25) is 0 Å². The molecule has 1 aliphatic carbocycles. The molecule has 3 heterocycles. The van der Waals surface area contributed by atoms with Crippen LogP contribution >= 0.6 is 0 Å². The molecule has 4 aliphatic rings. The summed E-state index contributed by atoms with van der Waals surface area (Å²) in [7, 11) is 0. The summed E-state index contributed by atoms with van der Waals surface area (Å²) in [5.74, 6) is 3.53. The molecule has 6 nitrogen and oxygen atoms in total. The van der Waals surface area contributed by atoms with Crippen LogP contribution in [0.25, 0.3) is 6.08 Å². The quantitative estimate of drug-likeness (QED) is 0.492. The molecule has 0 radical (unpaired) electrons. The van der Waals surface area contributed by atoms with E-state index in [9.17, 15) is 0 Å². The molecule has 2 atom stereocenters. The zero-order valence-electron chi connectivity index (χ0n) is 18.6. The minimum absolute atomic E-state index is 0.104. The Hall–Kier alpha value is -3.93. The Bertz CT molecular complexity index is 1320. The lowest BCUT2D eigenvalue weighted by Crippen LogP contribution is -2.28. The smallest absolute Gasteiger partial charge is 0.231 e. The van der Waals surface area contributed by atoms with E-state index in [2.05, 4.69) is 59.6 Å². The summed E-state index contributed by atoms with van der Waals surface area (Å²) in [4.78, 5) is 0. The van der Waals surface area contributed by atoms with Gasteiger partial charge in [0.25, 0.3) is 0 Å². The summed E-state index contributed by atoms with van der Waals surface area (Å²) < 4.78 is 22.3. The largest absolute Gasteiger partial charge is 0.454 e. The highest BCUT2D eigenvalue weighted by Gasteiger charge is 2.42. The molecule has 0 saturated heterocycles. The van der Waals surface area contributed by atoms with E-state index in [4.69, 9.17) is 24.0 Å². The van der Waals surface area contributed by atoms with Crippen molar-refractivity contribution in [3.05, 3.63) is 83.4 Å². The lowest BCUT2D eigenvalue weighted by Gasteiger charge is -2.30. The van der Waals surface area contributed by atoms with Gasteiger partial charge in [0.05, 0.1) is 17.4 Å². The van der Waals surface area contributed by atoms with Crippen LogP contribution in [0.4, 0.5) is 5.69 Å². The topological polar surface area (TPSA) is 52.5 Å². The van der Waals surface area contributed by atoms with Gasteiger partial charge in [0, 0.05) is 5.92 Å². The molecule has 34 heavy (non-hydrogen) atoms. The van der Waals surface area contributed by atoms with Crippen molar-refractivity contribution in [3.63, 3.8) is 0 Å². The first-order valence-corrected chi connectivity index (χ1v) is 11.8. The molecule has 1 saturated carbocycles. The van der Waals surface area contributed by atoms with Gasteiger partial charge in [-0.1, -0.05) is 30.3 Å². The average Bonchev–Trinajstić information content (AvgIpc) is 3.62. The van der Waals surface area contributed by atoms with Gasteiger partial charge in [-0.2, -0.15) is 5.10 Å². The molecule has 3 aliphatic heterocycles. The van der Waals surface area contributed by atoms with E-state index in [-0.39, 0.29) is 19.6 Å². The van der Waals surface area contributed by atoms with E-state index in [1.807, 2.05) is 18.2 Å². The molecule has 170 valence electrons. The molecule has 0 amide bonds. The number of ether oxygens (including phenoxy) is 4. The van der Waals surface area contributed by atoms with Crippen LogP contribution in [0.15, 0.2) is 77.4 Å². The maximum absolute atomic E-state index is 5.70. The van der Waals surface area contributed by atoms with E-state index >= 15 is 0 Å². The predicted molar refractivity (Wildman–Crippen MR) is 130 cm³/mol. The zero-order chi connectivity index (χ0) is 22.5. The molecule has 0 spiro atoms. The Labute approximate surface area is 198 Å². The normalized spacial score (nSPS) is 23.2. The summed E-state index contributed by atoms with van der Waals surface area (Å²) >= 11 is 0. The third-order valence-corrected chi connectivity index (χ3v) is 7.00. The molecule has 0 bridgehead atoms. The Balaban J connectivity index is 1.30. The molecule has 0 aromatic heterocycles. The summed E-state index contributed by atoms with van der Waals surface area (Å²) in [6.45, 7) is 0.562. The summed E-state index contributed by atoms with van der Waals surface area (Å²) in [6.07, 6.45) is 5.50. The highest BCUT2D eigenvalue weighted by atomic mass is 16.7. The molecular weight excluding hydrogens is 428 g/mol. The van der Waals surface area contributed by atoms with Crippen molar-refractivity contribution >= 4 is 17.5 Å². The number of para-hydroxylation sites is 1. The summed E-state index contributed by atoms with van der Waals surface area (Å²) in [5, 5.41) is 7.43. The molecular formula is C28H24N2O4. The van der Waals surface area contributed by atoms with E-state index in [1.54, 1.807) is 0 Å². The predicted octanol–water partition coefficient (Wildman–Crippen LogP) is 5.95. The summed E-state index contributed by atoms with van der Waals surface area (Å²) in [5.41, 5.74) is 5.87. The van der Waals surface area contributed by atoms with Gasteiger partial charge in [-0.3, -0.25) is 5.01 Å². The van der Waals surface area contributed by atoms with Crippen molar-refractivity contribution in [1.29, 1.82) is 0 Å². The van der Waals surface area contributed by atoms with E-state index in [0.717, 1.165) is 53.5 Å². The SMILES string of the molecule is C(=C1CCCC2C1=NN(c1ccccc1)C2c1ccc2c(c1)OCO2)c1ccc2c(c1)OCO2. The number of rotatable bonds is 3. The van der Waals surface area contributed by atoms with Gasteiger partial charge in [0.2, 0.25) is 13.6 Å². The van der Waals surface area contributed by atoms with Crippen molar-refractivity contribution in [3.8, 4) is 23.0 Å². The molecule has 3 aromatic rings. The number of nitrogens with zero attached hydrogens (tertiary/aromatic N) is 2. The fourth-order valence-electron chi connectivity index (χ4n) is 5.43. The van der Waals surface area contributed by atoms with Crippen LogP contribution in [-0.4, -0.2) is 19.3 Å². The van der Waals surface area contributed by atoms with E-state index in [0.29, 0.717) is 5.92 Å². The van der Waals surface area contributed by atoms with Crippen molar-refractivity contribution in [2.45, 2.75) is 25.3 Å². The zero-order valence-corrected chi connectivity index (χ0v) is 18.6. The first-order chi connectivity index (χ1) is 16.8. The standard InChI is InChI=1S/C28H24N2O4/c1-2-6-21(7-3-1)30-28(20-10-12-24-26(15-20)34-17-32-24)22-8-4-5-19(27(22)29-30)13-18-9-11-23-25(14-18)33-16-31-23/h1-3,6-7,9-15,22,28H,4-5,8,16-17H2. The van der Waals surface area contributed by atoms with Crippen LogP contribution < -0.4 is 24.0 Å². The van der Waals surface area contributed by atoms with Gasteiger partial charge in [-0.15, -0.1) is 0 Å². The maximum atomic E-state index is 5.70. The highest BCUT2D eigenvalue weighted by molar-refractivity contribution is 6.08. The first-order valence-electron chi connectivity index (χ1n) is 11.8. The molecule has 6 heteroatoms. The lowest BCUT2D eigenvalue weighted by molar-refractivity contribution is 0.173. The number of fused-ring (bicyclic) bond motifs is 3. The van der Waals surface area contributed by atoms with Gasteiger partial charge < -0.3 is 18.9 Å². The van der Waals surface area contributed by atoms with Gasteiger partial charge in [0.1, 0.15) is 0 Å². The number of hydrogen-bond acceptors (Lipinski definition) is 6. The van der Waals surface area contributed by atoms with Gasteiger partial charge in [0.15, 0.2) is 23.0 Å². The Morgan fingerprint density at radius 2 is 1.53 bits per heavy atom. The van der Waals surface area contributed by atoms with E-state index < -0.39 is 0 Å². The third-order valence-electron chi connectivity index (χ3n) is 7.00. The fourth-order valence-corrected chi connectivity index (χ4v) is 5.43. The van der Waals surface area contributed by atoms with Gasteiger partial charge in [-0.05, 0) is 78.4 Å². The van der Waals surface area contributed by atoms with Crippen molar-refractivity contribution < 1.29 is 18.9 Å². The second-order valence-corrected chi connectivity index (χ2v) is 9.00. The number of allylic oxidation sites excluding steroid dienone is 1. The number of hydrazone groups is 1. The van der Waals surface area contributed by atoms with Crippen LogP contribution in [0.3, 0.4) is 0 Å². The van der Waals surface area contributed by atoms with Crippen molar-refractivity contribution in [2.24, 2.45) is 11.0 Å². The Morgan fingerprint density at radius 3 is 2.35 bits per heavy atom. The first kappa shape index (κ1) is 19.5. The number of benzene rings is 3. The maximum Gasteiger partial charge on any atom is 0.231 e. The van der Waals surface area contributed by atoms with Gasteiger partial charge >= 0.3 is 0 Å². The van der Waals surface area contributed by atoms with Gasteiger partial charge in [-0.25, -0.2) is 0 Å². The minimum Gasteiger partial charge on any atom is -0.454 e. The number of anilines is 1. The molecule has 3 aromatic carbocycles. The van der Waals surface area contributed by atoms with Crippen LogP contribution in [-0.2, 0) is 0 Å². The highest BCUT2D eigenvalue weighted by Crippen LogP contribution is 2.48. The molecule has 7 rings (SSSR count). The molecule has 0 N–H and O–H groups in total. The second-order valence-electron chi connectivity index (χ2n) is 9.00.